The van der Waals surface area contributed by atoms with E-state index < -0.39 is 11.7 Å². The third-order valence-electron chi connectivity index (χ3n) is 4.78. The van der Waals surface area contributed by atoms with Crippen LogP contribution in [-0.4, -0.2) is 51.6 Å². The van der Waals surface area contributed by atoms with Crippen LogP contribution in [0.1, 0.15) is 60.4 Å². The number of rotatable bonds is 2. The first-order valence-electron chi connectivity index (χ1n) is 9.58. The van der Waals surface area contributed by atoms with E-state index in [0.717, 1.165) is 32.2 Å². The lowest BCUT2D eigenvalue weighted by Crippen LogP contribution is -2.47. The molecule has 0 spiro atoms. The molecule has 1 fully saturated rings. The minimum absolute atomic E-state index is 0.0261. The van der Waals surface area contributed by atoms with Crippen LogP contribution in [0.3, 0.4) is 0 Å². The number of fused-ring (bicyclic) bond motifs is 1. The third-order valence-corrected chi connectivity index (χ3v) is 5.95. The van der Waals surface area contributed by atoms with E-state index in [4.69, 9.17) is 4.74 Å². The van der Waals surface area contributed by atoms with Crippen molar-refractivity contribution >= 4 is 33.6 Å². The zero-order valence-corrected chi connectivity index (χ0v) is 18.2. The smallest absolute Gasteiger partial charge is 0.407 e. The zero-order valence-electron chi connectivity index (χ0n) is 17.4. The molecule has 152 valence electrons. The van der Waals surface area contributed by atoms with Gasteiger partial charge in [0.1, 0.15) is 16.3 Å². The molecule has 0 saturated carbocycles. The topological polar surface area (TPSA) is 84.4 Å². The summed E-state index contributed by atoms with van der Waals surface area (Å²) in [6, 6.07) is 0.0261. The summed E-state index contributed by atoms with van der Waals surface area (Å²) >= 11 is 1.44. The largest absolute Gasteiger partial charge is 0.444 e. The highest BCUT2D eigenvalue weighted by Crippen LogP contribution is 2.32. The highest BCUT2D eigenvalue weighted by atomic mass is 32.1. The molecule has 2 amide bonds. The molecule has 2 aromatic rings. The standard InChI is InChI=1S/C20H28N4O3S/c1-11-15-12(2)21-13(3)22-17(15)28-16(11)18(25)24-9-7-14(8-10-24)23-19(26)27-20(4,5)6/h14H,7-10H2,1-6H3,(H,23,26). The van der Waals surface area contributed by atoms with Crippen molar-refractivity contribution in [3.63, 3.8) is 0 Å². The number of amides is 2. The normalized spacial score (nSPS) is 15.7. The Hall–Kier alpha value is -2.22. The quantitative estimate of drug-likeness (QED) is 0.824. The maximum absolute atomic E-state index is 13.1. The monoisotopic (exact) mass is 404 g/mol. The van der Waals surface area contributed by atoms with Crippen molar-refractivity contribution in [2.24, 2.45) is 0 Å². The molecule has 3 rings (SSSR count). The van der Waals surface area contributed by atoms with Crippen LogP contribution >= 0.6 is 11.3 Å². The van der Waals surface area contributed by atoms with Crippen LogP contribution in [0.5, 0.6) is 0 Å². The Kier molecular flexibility index (Phi) is 5.61. The van der Waals surface area contributed by atoms with E-state index >= 15 is 0 Å². The molecule has 0 radical (unpaired) electrons. The number of carbonyl (C=O) groups excluding carboxylic acids is 2. The lowest BCUT2D eigenvalue weighted by Gasteiger charge is -2.32. The van der Waals surface area contributed by atoms with Gasteiger partial charge in [-0.3, -0.25) is 4.79 Å². The van der Waals surface area contributed by atoms with Crippen LogP contribution in [0, 0.1) is 20.8 Å². The van der Waals surface area contributed by atoms with E-state index in [1.54, 1.807) is 0 Å². The highest BCUT2D eigenvalue weighted by Gasteiger charge is 2.28. The number of carbonyl (C=O) groups is 2. The van der Waals surface area contributed by atoms with E-state index in [1.807, 2.05) is 46.4 Å². The Morgan fingerprint density at radius 3 is 2.39 bits per heavy atom. The number of hydrogen-bond acceptors (Lipinski definition) is 6. The third kappa shape index (κ3) is 4.43. The van der Waals surface area contributed by atoms with E-state index in [9.17, 15) is 9.59 Å². The molecular formula is C20H28N4O3S. The SMILES string of the molecule is Cc1nc(C)c2c(C)c(C(=O)N3CCC(NC(=O)OC(C)(C)C)CC3)sc2n1. The maximum Gasteiger partial charge on any atom is 0.407 e. The summed E-state index contributed by atoms with van der Waals surface area (Å²) in [7, 11) is 0. The Bertz CT molecular complexity index is 908. The van der Waals surface area contributed by atoms with E-state index in [-0.39, 0.29) is 11.9 Å². The first-order valence-corrected chi connectivity index (χ1v) is 10.4. The van der Waals surface area contributed by atoms with Crippen LogP contribution in [0.15, 0.2) is 0 Å². The summed E-state index contributed by atoms with van der Waals surface area (Å²) in [6.45, 7) is 12.5. The van der Waals surface area contributed by atoms with Gasteiger partial charge in [0.15, 0.2) is 0 Å². The van der Waals surface area contributed by atoms with E-state index in [1.165, 1.54) is 11.3 Å². The number of ether oxygens (including phenoxy) is 1. The molecule has 1 aliphatic rings. The summed E-state index contributed by atoms with van der Waals surface area (Å²) in [6.07, 6.45) is 1.03. The molecule has 1 N–H and O–H groups in total. The van der Waals surface area contributed by atoms with Gasteiger partial charge in [-0.2, -0.15) is 0 Å². The minimum atomic E-state index is -0.515. The number of nitrogens with one attached hydrogen (secondary N) is 1. The molecule has 0 atom stereocenters. The van der Waals surface area contributed by atoms with Gasteiger partial charge in [-0.05, 0) is 59.9 Å². The van der Waals surface area contributed by atoms with Gasteiger partial charge in [0, 0.05) is 30.2 Å². The molecule has 28 heavy (non-hydrogen) atoms. The fourth-order valence-electron chi connectivity index (χ4n) is 3.52. The Morgan fingerprint density at radius 1 is 1.14 bits per heavy atom. The van der Waals surface area contributed by atoms with Gasteiger partial charge >= 0.3 is 6.09 Å². The van der Waals surface area contributed by atoms with E-state index in [2.05, 4.69) is 15.3 Å². The molecule has 8 heteroatoms. The molecule has 0 unspecified atom stereocenters. The minimum Gasteiger partial charge on any atom is -0.444 e. The molecule has 0 aliphatic carbocycles. The first-order chi connectivity index (χ1) is 13.0. The Labute approximate surface area is 169 Å². The summed E-state index contributed by atoms with van der Waals surface area (Å²) in [4.78, 5) is 37.4. The molecular weight excluding hydrogens is 376 g/mol. The summed E-state index contributed by atoms with van der Waals surface area (Å²) in [5, 5.41) is 3.89. The number of alkyl carbamates (subject to hydrolysis) is 1. The lowest BCUT2D eigenvalue weighted by atomic mass is 10.0. The average Bonchev–Trinajstić information content (AvgIpc) is 2.89. The number of nitrogens with zero attached hydrogens (tertiary/aromatic N) is 3. The molecule has 1 saturated heterocycles. The van der Waals surface area contributed by atoms with Crippen LogP contribution in [-0.2, 0) is 4.74 Å². The van der Waals surface area contributed by atoms with Crippen molar-refractivity contribution in [3.8, 4) is 0 Å². The molecule has 0 bridgehead atoms. The van der Waals surface area contributed by atoms with Crippen molar-refractivity contribution in [1.29, 1.82) is 0 Å². The van der Waals surface area contributed by atoms with Crippen molar-refractivity contribution in [1.82, 2.24) is 20.2 Å². The Balaban J connectivity index is 1.66. The lowest BCUT2D eigenvalue weighted by molar-refractivity contribution is 0.0474. The van der Waals surface area contributed by atoms with E-state index in [0.29, 0.717) is 25.9 Å². The number of hydrogen-bond donors (Lipinski definition) is 1. The second-order valence-corrected chi connectivity index (χ2v) is 9.30. The van der Waals surface area contributed by atoms with Crippen LogP contribution in [0.4, 0.5) is 4.79 Å². The molecule has 1 aliphatic heterocycles. The van der Waals surface area contributed by atoms with Gasteiger partial charge in [0.25, 0.3) is 5.91 Å². The van der Waals surface area contributed by atoms with Gasteiger partial charge in [-0.1, -0.05) is 0 Å². The van der Waals surface area contributed by atoms with Crippen molar-refractivity contribution < 1.29 is 14.3 Å². The van der Waals surface area contributed by atoms with Crippen molar-refractivity contribution in [2.75, 3.05) is 13.1 Å². The number of aryl methyl sites for hydroxylation is 3. The molecule has 7 nitrogen and oxygen atoms in total. The average molecular weight is 405 g/mol. The van der Waals surface area contributed by atoms with Gasteiger partial charge in [0.2, 0.25) is 0 Å². The predicted octanol–water partition coefficient (Wildman–Crippen LogP) is 3.75. The van der Waals surface area contributed by atoms with Gasteiger partial charge in [0.05, 0.1) is 4.88 Å². The van der Waals surface area contributed by atoms with Crippen molar-refractivity contribution in [3.05, 3.63) is 22.0 Å². The number of aromatic nitrogens is 2. The molecule has 2 aromatic heterocycles. The molecule has 0 aromatic carbocycles. The fraction of sp³-hybridized carbons (Fsp3) is 0.600. The summed E-state index contributed by atoms with van der Waals surface area (Å²) in [5.41, 5.74) is 1.35. The van der Waals surface area contributed by atoms with Crippen molar-refractivity contribution in [2.45, 2.75) is 66.0 Å². The predicted molar refractivity (Wildman–Crippen MR) is 110 cm³/mol. The van der Waals surface area contributed by atoms with Crippen LogP contribution < -0.4 is 5.32 Å². The highest BCUT2D eigenvalue weighted by molar-refractivity contribution is 7.20. The molecule has 3 heterocycles. The summed E-state index contributed by atoms with van der Waals surface area (Å²) < 4.78 is 5.31. The zero-order chi connectivity index (χ0) is 20.6. The fourth-order valence-corrected chi connectivity index (χ4v) is 4.77. The summed E-state index contributed by atoms with van der Waals surface area (Å²) in [5.74, 6) is 0.757. The van der Waals surface area contributed by atoms with Crippen LogP contribution in [0.25, 0.3) is 10.2 Å². The van der Waals surface area contributed by atoms with Gasteiger partial charge in [-0.25, -0.2) is 14.8 Å². The van der Waals surface area contributed by atoms with Gasteiger partial charge < -0.3 is 15.0 Å². The van der Waals surface area contributed by atoms with Crippen LogP contribution in [0.2, 0.25) is 0 Å². The maximum atomic E-state index is 13.1. The number of likely N-dealkylation sites (tertiary alicyclic amines) is 1. The van der Waals surface area contributed by atoms with Gasteiger partial charge in [-0.15, -0.1) is 11.3 Å². The second-order valence-electron chi connectivity index (χ2n) is 8.31. The second kappa shape index (κ2) is 7.66. The first kappa shape index (κ1) is 20.5. The number of thiophene rings is 1. The number of piperidine rings is 1. The Morgan fingerprint density at radius 2 is 1.79 bits per heavy atom.